The Morgan fingerprint density at radius 1 is 1.09 bits per heavy atom. The molecule has 23 heavy (non-hydrogen) atoms. The van der Waals surface area contributed by atoms with Gasteiger partial charge in [0.15, 0.2) is 0 Å². The highest BCUT2D eigenvalue weighted by molar-refractivity contribution is 5.68. The Hall–Kier alpha value is -2.81. The van der Waals surface area contributed by atoms with E-state index in [1.54, 1.807) is 7.11 Å². The Bertz CT molecular complexity index is 790. The van der Waals surface area contributed by atoms with E-state index in [9.17, 15) is 0 Å². The SMILES string of the molecule is C=CCc1ccc(OC)c(-c2ccn(Cc3ccccc3)n2)c1. The number of methoxy groups -OCH3 is 1. The standard InChI is InChI=1S/C20H20N2O/c1-3-7-16-10-11-20(23-2)18(14-16)19-12-13-22(21-19)15-17-8-5-4-6-9-17/h3-6,8-14H,1,7,15H2,2H3. The van der Waals surface area contributed by atoms with Crippen LogP contribution < -0.4 is 4.74 Å². The van der Waals surface area contributed by atoms with Crippen molar-refractivity contribution in [3.63, 3.8) is 0 Å². The summed E-state index contributed by atoms with van der Waals surface area (Å²) in [5.74, 6) is 0.836. The molecule has 3 heteroatoms. The van der Waals surface area contributed by atoms with E-state index < -0.39 is 0 Å². The van der Waals surface area contributed by atoms with Gasteiger partial charge in [0.1, 0.15) is 5.75 Å². The van der Waals surface area contributed by atoms with Crippen LogP contribution in [-0.2, 0) is 13.0 Å². The van der Waals surface area contributed by atoms with Gasteiger partial charge in [-0.15, -0.1) is 6.58 Å². The molecule has 0 aliphatic carbocycles. The third kappa shape index (κ3) is 3.51. The van der Waals surface area contributed by atoms with Crippen LogP contribution in [0.3, 0.4) is 0 Å². The lowest BCUT2D eigenvalue weighted by atomic mass is 10.0. The molecule has 2 aromatic carbocycles. The molecule has 3 rings (SSSR count). The predicted molar refractivity (Wildman–Crippen MR) is 93.7 cm³/mol. The molecular formula is C20H20N2O. The van der Waals surface area contributed by atoms with E-state index in [1.165, 1.54) is 11.1 Å². The molecule has 0 fully saturated rings. The summed E-state index contributed by atoms with van der Waals surface area (Å²) in [4.78, 5) is 0. The number of hydrogen-bond donors (Lipinski definition) is 0. The number of nitrogens with zero attached hydrogens (tertiary/aromatic N) is 2. The van der Waals surface area contributed by atoms with Crippen LogP contribution in [-0.4, -0.2) is 16.9 Å². The largest absolute Gasteiger partial charge is 0.496 e. The van der Waals surface area contributed by atoms with Gasteiger partial charge in [0, 0.05) is 11.8 Å². The Labute approximate surface area is 136 Å². The van der Waals surface area contributed by atoms with Crippen molar-refractivity contribution in [3.05, 3.63) is 84.6 Å². The Morgan fingerprint density at radius 3 is 2.65 bits per heavy atom. The second-order valence-corrected chi connectivity index (χ2v) is 5.41. The minimum atomic E-state index is 0.759. The maximum absolute atomic E-state index is 5.49. The van der Waals surface area contributed by atoms with Crippen LogP contribution in [0.15, 0.2) is 73.4 Å². The van der Waals surface area contributed by atoms with Gasteiger partial charge in [-0.2, -0.15) is 5.10 Å². The summed E-state index contributed by atoms with van der Waals surface area (Å²) in [5.41, 5.74) is 4.37. The molecule has 0 atom stereocenters. The fourth-order valence-electron chi connectivity index (χ4n) is 2.61. The zero-order chi connectivity index (χ0) is 16.1. The number of rotatable bonds is 6. The molecule has 0 spiro atoms. The Morgan fingerprint density at radius 2 is 1.91 bits per heavy atom. The van der Waals surface area contributed by atoms with Crippen LogP contribution in [0.5, 0.6) is 5.75 Å². The van der Waals surface area contributed by atoms with E-state index in [1.807, 2.05) is 47.3 Å². The van der Waals surface area contributed by atoms with Crippen molar-refractivity contribution >= 4 is 0 Å². The van der Waals surface area contributed by atoms with Gasteiger partial charge in [0.05, 0.1) is 19.3 Å². The number of hydrogen-bond acceptors (Lipinski definition) is 2. The van der Waals surface area contributed by atoms with Crippen molar-refractivity contribution in [2.24, 2.45) is 0 Å². The van der Waals surface area contributed by atoms with Crippen LogP contribution in [0.25, 0.3) is 11.3 Å². The molecule has 0 N–H and O–H groups in total. The summed E-state index contributed by atoms with van der Waals surface area (Å²) in [6, 6.07) is 18.5. The van der Waals surface area contributed by atoms with Gasteiger partial charge >= 0.3 is 0 Å². The number of ether oxygens (including phenoxy) is 1. The maximum Gasteiger partial charge on any atom is 0.128 e. The van der Waals surface area contributed by atoms with Crippen molar-refractivity contribution in [2.75, 3.05) is 7.11 Å². The third-order valence-electron chi connectivity index (χ3n) is 3.75. The zero-order valence-corrected chi connectivity index (χ0v) is 13.3. The van der Waals surface area contributed by atoms with Crippen LogP contribution in [0.2, 0.25) is 0 Å². The molecule has 0 amide bonds. The van der Waals surface area contributed by atoms with Crippen LogP contribution in [0.1, 0.15) is 11.1 Å². The lowest BCUT2D eigenvalue weighted by molar-refractivity contribution is 0.416. The first kappa shape index (κ1) is 15.1. The van der Waals surface area contributed by atoms with Crippen LogP contribution >= 0.6 is 0 Å². The van der Waals surface area contributed by atoms with Gasteiger partial charge in [-0.05, 0) is 35.7 Å². The fourth-order valence-corrected chi connectivity index (χ4v) is 2.61. The monoisotopic (exact) mass is 304 g/mol. The molecule has 116 valence electrons. The number of benzene rings is 2. The lowest BCUT2D eigenvalue weighted by Crippen LogP contribution is -2.00. The van der Waals surface area contributed by atoms with Gasteiger partial charge < -0.3 is 4.74 Å². The van der Waals surface area contributed by atoms with E-state index in [0.717, 1.165) is 30.0 Å². The number of allylic oxidation sites excluding steroid dienone is 1. The predicted octanol–water partition coefficient (Wildman–Crippen LogP) is 4.34. The van der Waals surface area contributed by atoms with Crippen LogP contribution in [0.4, 0.5) is 0 Å². The topological polar surface area (TPSA) is 27.1 Å². The van der Waals surface area contributed by atoms with Crippen molar-refractivity contribution in [1.29, 1.82) is 0 Å². The summed E-state index contributed by atoms with van der Waals surface area (Å²) in [6.45, 7) is 4.56. The first-order chi connectivity index (χ1) is 11.3. The van der Waals surface area contributed by atoms with E-state index >= 15 is 0 Å². The average Bonchev–Trinajstić information content (AvgIpc) is 3.04. The molecule has 0 aliphatic heterocycles. The fraction of sp³-hybridized carbons (Fsp3) is 0.150. The molecule has 3 aromatic rings. The van der Waals surface area contributed by atoms with E-state index in [2.05, 4.69) is 30.8 Å². The van der Waals surface area contributed by atoms with Crippen molar-refractivity contribution in [3.8, 4) is 17.0 Å². The van der Waals surface area contributed by atoms with E-state index in [4.69, 9.17) is 9.84 Å². The normalized spacial score (nSPS) is 10.5. The molecule has 1 aromatic heterocycles. The highest BCUT2D eigenvalue weighted by Crippen LogP contribution is 2.30. The van der Waals surface area contributed by atoms with Gasteiger partial charge in [0.25, 0.3) is 0 Å². The summed E-state index contributed by atoms with van der Waals surface area (Å²) >= 11 is 0. The van der Waals surface area contributed by atoms with Crippen molar-refractivity contribution < 1.29 is 4.74 Å². The van der Waals surface area contributed by atoms with Crippen LogP contribution in [0, 0.1) is 0 Å². The minimum Gasteiger partial charge on any atom is -0.496 e. The van der Waals surface area contributed by atoms with Gasteiger partial charge in [-0.1, -0.05) is 42.5 Å². The second kappa shape index (κ2) is 6.97. The summed E-state index contributed by atoms with van der Waals surface area (Å²) in [5, 5.41) is 4.70. The molecule has 0 radical (unpaired) electrons. The molecule has 0 aliphatic rings. The average molecular weight is 304 g/mol. The first-order valence-electron chi connectivity index (χ1n) is 7.65. The van der Waals surface area contributed by atoms with Crippen molar-refractivity contribution in [1.82, 2.24) is 9.78 Å². The van der Waals surface area contributed by atoms with Gasteiger partial charge in [-0.3, -0.25) is 4.68 Å². The van der Waals surface area contributed by atoms with E-state index in [-0.39, 0.29) is 0 Å². The molecule has 0 bridgehead atoms. The Balaban J connectivity index is 1.90. The number of aromatic nitrogens is 2. The summed E-state index contributed by atoms with van der Waals surface area (Å²) < 4.78 is 7.43. The molecule has 0 saturated heterocycles. The van der Waals surface area contributed by atoms with Crippen molar-refractivity contribution in [2.45, 2.75) is 13.0 Å². The van der Waals surface area contributed by atoms with Gasteiger partial charge in [-0.25, -0.2) is 0 Å². The first-order valence-corrected chi connectivity index (χ1v) is 7.65. The molecule has 3 nitrogen and oxygen atoms in total. The second-order valence-electron chi connectivity index (χ2n) is 5.41. The molecule has 0 saturated carbocycles. The molecular weight excluding hydrogens is 284 g/mol. The summed E-state index contributed by atoms with van der Waals surface area (Å²) in [6.07, 6.45) is 4.74. The molecule has 1 heterocycles. The minimum absolute atomic E-state index is 0.759. The Kier molecular flexibility index (Phi) is 4.57. The third-order valence-corrected chi connectivity index (χ3v) is 3.75. The maximum atomic E-state index is 5.49. The molecule has 0 unspecified atom stereocenters. The quantitative estimate of drug-likeness (QED) is 0.634. The highest BCUT2D eigenvalue weighted by atomic mass is 16.5. The zero-order valence-electron chi connectivity index (χ0n) is 13.3. The summed E-state index contributed by atoms with van der Waals surface area (Å²) in [7, 11) is 1.69. The highest BCUT2D eigenvalue weighted by Gasteiger charge is 2.10. The van der Waals surface area contributed by atoms with Gasteiger partial charge in [0.2, 0.25) is 0 Å². The van der Waals surface area contributed by atoms with E-state index in [0.29, 0.717) is 0 Å². The smallest absolute Gasteiger partial charge is 0.128 e. The lowest BCUT2D eigenvalue weighted by Gasteiger charge is -2.08.